The Labute approximate surface area is 167 Å². The van der Waals surface area contributed by atoms with E-state index in [-0.39, 0.29) is 12.4 Å². The fraction of sp³-hybridized carbons (Fsp3) is 0.190. The number of para-hydroxylation sites is 3. The van der Waals surface area contributed by atoms with Crippen LogP contribution in [-0.2, 0) is 14.3 Å². The van der Waals surface area contributed by atoms with E-state index >= 15 is 0 Å². The van der Waals surface area contributed by atoms with Crippen molar-refractivity contribution in [3.63, 3.8) is 0 Å². The van der Waals surface area contributed by atoms with Gasteiger partial charge in [-0.05, 0) is 36.8 Å². The van der Waals surface area contributed by atoms with Gasteiger partial charge in [0.05, 0.1) is 29.1 Å². The fourth-order valence-corrected chi connectivity index (χ4v) is 3.42. The average molecular weight is 396 g/mol. The molecule has 0 aliphatic heterocycles. The second kappa shape index (κ2) is 9.23. The number of amides is 1. The first-order chi connectivity index (χ1) is 13.6. The van der Waals surface area contributed by atoms with Gasteiger partial charge in [0.25, 0.3) is 5.91 Å². The molecule has 1 aromatic heterocycles. The Hall–Kier alpha value is -3.06. The normalized spacial score (nSPS) is 10.5. The van der Waals surface area contributed by atoms with Crippen molar-refractivity contribution in [3.05, 3.63) is 60.2 Å². The molecule has 0 atom stereocenters. The van der Waals surface area contributed by atoms with Crippen molar-refractivity contribution < 1.29 is 19.1 Å². The highest BCUT2D eigenvalue weighted by Crippen LogP contribution is 2.24. The van der Waals surface area contributed by atoms with Gasteiger partial charge in [-0.25, -0.2) is 4.98 Å². The molecule has 1 heterocycles. The van der Waals surface area contributed by atoms with Crippen LogP contribution in [0.4, 0.5) is 5.69 Å². The standard InChI is InChI=1S/C21H20N2O4S/c1-14-11-20(23-16-8-4-3-7-15(14)16)28-13-21(25)27-12-19(24)22-17-9-5-6-10-18(17)26-2/h3-11H,12-13H2,1-2H3,(H,22,24). The van der Waals surface area contributed by atoms with Crippen molar-refractivity contribution in [3.8, 4) is 5.75 Å². The number of fused-ring (bicyclic) bond motifs is 1. The van der Waals surface area contributed by atoms with Gasteiger partial charge in [0.2, 0.25) is 0 Å². The van der Waals surface area contributed by atoms with Gasteiger partial charge >= 0.3 is 5.97 Å². The van der Waals surface area contributed by atoms with Crippen molar-refractivity contribution in [1.82, 2.24) is 4.98 Å². The SMILES string of the molecule is COc1ccccc1NC(=O)COC(=O)CSc1cc(C)c2ccccc2n1. The smallest absolute Gasteiger partial charge is 0.316 e. The Bertz CT molecular complexity index is 1010. The molecule has 7 heteroatoms. The van der Waals surface area contributed by atoms with Crippen LogP contribution in [-0.4, -0.2) is 36.3 Å². The third-order valence-corrected chi connectivity index (χ3v) is 4.87. The van der Waals surface area contributed by atoms with E-state index in [9.17, 15) is 9.59 Å². The van der Waals surface area contributed by atoms with Crippen LogP contribution < -0.4 is 10.1 Å². The first-order valence-electron chi connectivity index (χ1n) is 8.64. The molecule has 1 amide bonds. The third-order valence-electron chi connectivity index (χ3n) is 3.98. The number of benzene rings is 2. The molecule has 6 nitrogen and oxygen atoms in total. The zero-order chi connectivity index (χ0) is 19.9. The number of carbonyl (C=O) groups is 2. The molecule has 0 unspecified atom stereocenters. The van der Waals surface area contributed by atoms with E-state index in [1.807, 2.05) is 37.3 Å². The van der Waals surface area contributed by atoms with Gasteiger partial charge in [0.15, 0.2) is 6.61 Å². The quantitative estimate of drug-likeness (QED) is 0.483. The van der Waals surface area contributed by atoms with E-state index in [1.54, 1.807) is 24.3 Å². The number of aromatic nitrogens is 1. The van der Waals surface area contributed by atoms with Gasteiger partial charge < -0.3 is 14.8 Å². The summed E-state index contributed by atoms with van der Waals surface area (Å²) in [6.07, 6.45) is 0. The molecule has 0 saturated heterocycles. The summed E-state index contributed by atoms with van der Waals surface area (Å²) < 4.78 is 10.2. The molecular formula is C21H20N2O4S. The number of nitrogens with zero attached hydrogens (tertiary/aromatic N) is 1. The maximum absolute atomic E-state index is 12.0. The summed E-state index contributed by atoms with van der Waals surface area (Å²) in [7, 11) is 1.52. The Balaban J connectivity index is 1.50. The number of pyridine rings is 1. The number of thioether (sulfide) groups is 1. The molecule has 0 bridgehead atoms. The molecule has 2 aromatic carbocycles. The van der Waals surface area contributed by atoms with E-state index in [2.05, 4.69) is 10.3 Å². The van der Waals surface area contributed by atoms with Gasteiger partial charge in [-0.3, -0.25) is 9.59 Å². The minimum Gasteiger partial charge on any atom is -0.495 e. The zero-order valence-electron chi connectivity index (χ0n) is 15.6. The van der Waals surface area contributed by atoms with Crippen molar-refractivity contribution in [1.29, 1.82) is 0 Å². The lowest BCUT2D eigenvalue weighted by Gasteiger charge is -2.10. The van der Waals surface area contributed by atoms with Crippen molar-refractivity contribution in [2.24, 2.45) is 0 Å². The van der Waals surface area contributed by atoms with Gasteiger partial charge in [-0.1, -0.05) is 42.1 Å². The molecule has 3 aromatic rings. The van der Waals surface area contributed by atoms with Crippen LogP contribution in [0.3, 0.4) is 0 Å². The van der Waals surface area contributed by atoms with Crippen LogP contribution in [0.25, 0.3) is 10.9 Å². The van der Waals surface area contributed by atoms with E-state index in [0.717, 1.165) is 21.5 Å². The lowest BCUT2D eigenvalue weighted by molar-refractivity contribution is -0.144. The third kappa shape index (κ3) is 5.01. The van der Waals surface area contributed by atoms with Crippen LogP contribution in [0.1, 0.15) is 5.56 Å². The zero-order valence-corrected chi connectivity index (χ0v) is 16.4. The van der Waals surface area contributed by atoms with Crippen LogP contribution in [0.15, 0.2) is 59.6 Å². The van der Waals surface area contributed by atoms with Crippen LogP contribution >= 0.6 is 11.8 Å². The summed E-state index contributed by atoms with van der Waals surface area (Å²) in [4.78, 5) is 28.5. The maximum atomic E-state index is 12.0. The summed E-state index contributed by atoms with van der Waals surface area (Å²) in [5.74, 6) is -0.294. The Morgan fingerprint density at radius 2 is 1.86 bits per heavy atom. The minimum absolute atomic E-state index is 0.0761. The highest BCUT2D eigenvalue weighted by Gasteiger charge is 2.11. The Morgan fingerprint density at radius 1 is 1.11 bits per heavy atom. The number of nitrogens with one attached hydrogen (secondary N) is 1. The summed E-state index contributed by atoms with van der Waals surface area (Å²) in [6.45, 7) is 1.65. The van der Waals surface area contributed by atoms with Crippen molar-refractivity contribution in [2.45, 2.75) is 11.9 Å². The number of hydrogen-bond donors (Lipinski definition) is 1. The second-order valence-corrected chi connectivity index (χ2v) is 6.99. The Morgan fingerprint density at radius 3 is 2.68 bits per heavy atom. The number of carbonyl (C=O) groups excluding carboxylic acids is 2. The summed E-state index contributed by atoms with van der Waals surface area (Å²) in [5.41, 5.74) is 2.50. The van der Waals surface area contributed by atoms with Gasteiger partial charge in [0.1, 0.15) is 5.75 Å². The summed E-state index contributed by atoms with van der Waals surface area (Å²) in [6, 6.07) is 16.8. The van der Waals surface area contributed by atoms with Gasteiger partial charge in [-0.2, -0.15) is 0 Å². The Kier molecular flexibility index (Phi) is 6.49. The minimum atomic E-state index is -0.479. The molecule has 0 aliphatic carbocycles. The second-order valence-electron chi connectivity index (χ2n) is 5.99. The molecule has 144 valence electrons. The molecule has 1 N–H and O–H groups in total. The summed E-state index contributed by atoms with van der Waals surface area (Å²) in [5, 5.41) is 4.49. The highest BCUT2D eigenvalue weighted by atomic mass is 32.2. The summed E-state index contributed by atoms with van der Waals surface area (Å²) >= 11 is 1.28. The first-order valence-corrected chi connectivity index (χ1v) is 9.63. The van der Waals surface area contributed by atoms with Crippen molar-refractivity contribution in [2.75, 3.05) is 24.8 Å². The predicted octanol–water partition coefficient (Wildman–Crippen LogP) is 3.83. The molecule has 28 heavy (non-hydrogen) atoms. The van der Waals surface area contributed by atoms with Gasteiger partial charge in [-0.15, -0.1) is 0 Å². The van der Waals surface area contributed by atoms with Crippen LogP contribution in [0, 0.1) is 6.92 Å². The monoisotopic (exact) mass is 396 g/mol. The maximum Gasteiger partial charge on any atom is 0.316 e. The van der Waals surface area contributed by atoms with E-state index in [0.29, 0.717) is 11.4 Å². The molecule has 0 radical (unpaired) electrons. The van der Waals surface area contributed by atoms with E-state index in [1.165, 1.54) is 18.9 Å². The lowest BCUT2D eigenvalue weighted by atomic mass is 10.1. The number of esters is 1. The van der Waals surface area contributed by atoms with Crippen LogP contribution in [0.2, 0.25) is 0 Å². The lowest BCUT2D eigenvalue weighted by Crippen LogP contribution is -2.21. The molecule has 0 fully saturated rings. The van der Waals surface area contributed by atoms with Crippen LogP contribution in [0.5, 0.6) is 5.75 Å². The topological polar surface area (TPSA) is 77.5 Å². The number of rotatable bonds is 7. The van der Waals surface area contributed by atoms with E-state index in [4.69, 9.17) is 9.47 Å². The van der Waals surface area contributed by atoms with E-state index < -0.39 is 11.9 Å². The predicted molar refractivity (Wildman–Crippen MR) is 110 cm³/mol. The number of anilines is 1. The molecule has 0 spiro atoms. The molecular weight excluding hydrogens is 376 g/mol. The molecule has 3 rings (SSSR count). The fourth-order valence-electron chi connectivity index (χ4n) is 2.65. The molecule has 0 aliphatic rings. The number of hydrogen-bond acceptors (Lipinski definition) is 6. The first kappa shape index (κ1) is 19.7. The average Bonchev–Trinajstić information content (AvgIpc) is 2.71. The number of ether oxygens (including phenoxy) is 2. The highest BCUT2D eigenvalue weighted by molar-refractivity contribution is 7.99. The van der Waals surface area contributed by atoms with Crippen molar-refractivity contribution >= 4 is 40.2 Å². The van der Waals surface area contributed by atoms with Gasteiger partial charge in [0, 0.05) is 5.39 Å². The largest absolute Gasteiger partial charge is 0.495 e. The number of aryl methyl sites for hydroxylation is 1. The number of methoxy groups -OCH3 is 1. The molecule has 0 saturated carbocycles.